The van der Waals surface area contributed by atoms with E-state index >= 15 is 0 Å². The number of fused-ring (bicyclic) bond motifs is 1. The van der Waals surface area contributed by atoms with Gasteiger partial charge in [0.15, 0.2) is 0 Å². The Hall–Kier alpha value is -4.17. The van der Waals surface area contributed by atoms with E-state index in [1.165, 1.54) is 50.9 Å². The second-order valence-corrected chi connectivity index (χ2v) is 9.77. The predicted molar refractivity (Wildman–Crippen MR) is 137 cm³/mol. The molecule has 5 rings (SSSR count). The summed E-state index contributed by atoms with van der Waals surface area (Å²) in [4.78, 5) is 50.7. The normalized spacial score (nSPS) is 14.0. The molecule has 1 amide bonds. The molecule has 1 aliphatic rings. The molecule has 4 heterocycles. The standard InChI is InChI=1S/C25H18Cl2F4N6O4/c26-17-12-19-21(38)33-13-15(37(19)20(17)27)10-14-2-3-18(28)16(11-14)22(39)34-6-8-35(9-7-34)24-32-4-1-5-36(24)41-23(40)25(29,30)31/h1-5,11-13H,6-10H2/p+1. The topological polar surface area (TPSA) is 104 Å². The Bertz CT molecular complexity index is 1720. The van der Waals surface area contributed by atoms with Crippen LogP contribution in [-0.2, 0) is 11.2 Å². The van der Waals surface area contributed by atoms with E-state index in [0.717, 1.165) is 12.3 Å². The summed E-state index contributed by atoms with van der Waals surface area (Å²) in [6.07, 6.45) is -1.14. The molecule has 3 aromatic heterocycles. The van der Waals surface area contributed by atoms with E-state index in [0.29, 0.717) is 16.0 Å². The van der Waals surface area contributed by atoms with Crippen LogP contribution in [-0.4, -0.2) is 63.5 Å². The molecule has 1 saturated heterocycles. The summed E-state index contributed by atoms with van der Waals surface area (Å²) in [5, 5.41) is 0.329. The molecule has 4 aromatic rings. The minimum Gasteiger partial charge on any atom is -0.332 e. The average Bonchev–Trinajstić information content (AvgIpc) is 3.25. The molecule has 41 heavy (non-hydrogen) atoms. The fourth-order valence-corrected chi connectivity index (χ4v) is 4.88. The molecule has 0 aliphatic carbocycles. The number of halogens is 6. The van der Waals surface area contributed by atoms with Gasteiger partial charge in [-0.25, -0.2) is 9.18 Å². The monoisotopic (exact) mass is 613 g/mol. The number of alkyl halides is 3. The highest BCUT2D eigenvalue weighted by molar-refractivity contribution is 6.42. The number of amides is 1. The number of nitrogens with one attached hydrogen (secondary N) is 1. The lowest BCUT2D eigenvalue weighted by atomic mass is 10.0. The fraction of sp³-hybridized carbons (Fsp3) is 0.240. The zero-order chi connectivity index (χ0) is 29.5. The second kappa shape index (κ2) is 11.0. The number of hydrogen-bond donors (Lipinski definition) is 1. The van der Waals surface area contributed by atoms with Crippen molar-refractivity contribution in [1.29, 1.82) is 0 Å². The lowest BCUT2D eigenvalue weighted by molar-refractivity contribution is -0.862. The minimum atomic E-state index is -5.20. The van der Waals surface area contributed by atoms with Crippen LogP contribution in [0.2, 0.25) is 10.2 Å². The summed E-state index contributed by atoms with van der Waals surface area (Å²) in [5.74, 6) is -3.81. The van der Waals surface area contributed by atoms with Crippen molar-refractivity contribution >= 4 is 46.5 Å². The number of anilines is 1. The molecule has 0 spiro atoms. The molecule has 10 nitrogen and oxygen atoms in total. The summed E-state index contributed by atoms with van der Waals surface area (Å²) in [5.41, 5.74) is 0.761. The third-order valence-corrected chi connectivity index (χ3v) is 7.15. The van der Waals surface area contributed by atoms with Gasteiger partial charge in [0.05, 0.1) is 36.8 Å². The smallest absolute Gasteiger partial charge is 0.332 e. The zero-order valence-electron chi connectivity index (χ0n) is 20.8. The van der Waals surface area contributed by atoms with Crippen molar-refractivity contribution in [2.45, 2.75) is 12.6 Å². The van der Waals surface area contributed by atoms with Gasteiger partial charge in [0, 0.05) is 24.4 Å². The Morgan fingerprint density at radius 2 is 1.85 bits per heavy atom. The Labute approximate surface area is 238 Å². The van der Waals surface area contributed by atoms with E-state index in [1.54, 1.807) is 0 Å². The van der Waals surface area contributed by atoms with Crippen molar-refractivity contribution in [3.63, 3.8) is 0 Å². The number of carbonyl (C=O) groups is 2. The van der Waals surface area contributed by atoms with Crippen molar-refractivity contribution in [3.05, 3.63) is 92.1 Å². The molecule has 0 radical (unpaired) electrons. The van der Waals surface area contributed by atoms with Gasteiger partial charge in [-0.1, -0.05) is 34.3 Å². The molecule has 214 valence electrons. The van der Waals surface area contributed by atoms with Crippen LogP contribution in [0.5, 0.6) is 0 Å². The SMILES string of the molecule is O=C(c1cc(Cc2c[nH]c(=O)c3cc(Cl)c(Cl)n23)ccc1F)N1CCN(c2nccc[n+]2OC(=O)C(F)(F)F)CC1. The first-order chi connectivity index (χ1) is 19.4. The van der Waals surface area contributed by atoms with Gasteiger partial charge >= 0.3 is 18.1 Å². The average molecular weight is 614 g/mol. The number of hydrogen-bond acceptors (Lipinski definition) is 6. The Morgan fingerprint density at radius 3 is 2.56 bits per heavy atom. The Kier molecular flexibility index (Phi) is 7.62. The molecule has 1 aliphatic heterocycles. The summed E-state index contributed by atoms with van der Waals surface area (Å²) in [7, 11) is 0. The van der Waals surface area contributed by atoms with E-state index in [-0.39, 0.29) is 59.8 Å². The summed E-state index contributed by atoms with van der Waals surface area (Å²) >= 11 is 12.4. The Morgan fingerprint density at radius 1 is 1.12 bits per heavy atom. The van der Waals surface area contributed by atoms with E-state index in [9.17, 15) is 31.9 Å². The van der Waals surface area contributed by atoms with Gasteiger partial charge in [0.1, 0.15) is 28.9 Å². The number of rotatable bonds is 5. The molecule has 16 heteroatoms. The van der Waals surface area contributed by atoms with E-state index in [1.807, 2.05) is 0 Å². The van der Waals surface area contributed by atoms with Crippen molar-refractivity contribution in [2.24, 2.45) is 0 Å². The third kappa shape index (κ3) is 5.70. The van der Waals surface area contributed by atoms with Crippen molar-refractivity contribution in [1.82, 2.24) is 19.3 Å². The molecule has 1 N–H and O–H groups in total. The van der Waals surface area contributed by atoms with Crippen molar-refractivity contribution in [3.8, 4) is 0 Å². The number of piperazine rings is 1. The van der Waals surface area contributed by atoms with Gasteiger partial charge in [0.25, 0.3) is 11.5 Å². The van der Waals surface area contributed by atoms with Gasteiger partial charge in [-0.2, -0.15) is 13.2 Å². The number of nitrogens with zero attached hydrogens (tertiary/aromatic N) is 5. The van der Waals surface area contributed by atoms with Crippen LogP contribution in [0.4, 0.5) is 23.5 Å². The molecular weight excluding hydrogens is 595 g/mol. The van der Waals surface area contributed by atoms with E-state index in [4.69, 9.17) is 23.2 Å². The lowest BCUT2D eigenvalue weighted by Crippen LogP contribution is -2.57. The predicted octanol–water partition coefficient (Wildman–Crippen LogP) is 2.83. The number of carbonyl (C=O) groups excluding carboxylic acids is 2. The first kappa shape index (κ1) is 28.4. The molecule has 0 bridgehead atoms. The maximum absolute atomic E-state index is 14.8. The molecular formula is C25H19Cl2F4N6O4+. The first-order valence-corrected chi connectivity index (χ1v) is 12.8. The quantitative estimate of drug-likeness (QED) is 0.274. The molecule has 1 aromatic carbocycles. The van der Waals surface area contributed by atoms with Crippen LogP contribution >= 0.6 is 23.2 Å². The maximum Gasteiger partial charge on any atom is 0.495 e. The van der Waals surface area contributed by atoms with E-state index < -0.39 is 29.4 Å². The summed E-state index contributed by atoms with van der Waals surface area (Å²) in [6, 6.07) is 6.79. The van der Waals surface area contributed by atoms with Crippen molar-refractivity contribution < 1.29 is 36.7 Å². The second-order valence-electron chi connectivity index (χ2n) is 9.01. The largest absolute Gasteiger partial charge is 0.495 e. The third-order valence-electron chi connectivity index (χ3n) is 6.39. The van der Waals surface area contributed by atoms with E-state index in [2.05, 4.69) is 14.8 Å². The molecule has 0 saturated carbocycles. The van der Waals surface area contributed by atoms with Crippen LogP contribution in [0.15, 0.2) is 53.7 Å². The number of benzene rings is 1. The molecule has 0 unspecified atom stereocenters. The summed E-state index contributed by atoms with van der Waals surface area (Å²) in [6.45, 7) is 0.417. The highest BCUT2D eigenvalue weighted by Crippen LogP contribution is 2.27. The summed E-state index contributed by atoms with van der Waals surface area (Å²) < 4.78 is 54.9. The van der Waals surface area contributed by atoms with Crippen LogP contribution in [0.25, 0.3) is 5.52 Å². The minimum absolute atomic E-state index is 0.0682. The lowest BCUT2D eigenvalue weighted by Gasteiger charge is -2.31. The van der Waals surface area contributed by atoms with Gasteiger partial charge in [-0.3, -0.25) is 23.7 Å². The molecule has 0 atom stereocenters. The van der Waals surface area contributed by atoms with Crippen molar-refractivity contribution in [2.75, 3.05) is 31.1 Å². The first-order valence-electron chi connectivity index (χ1n) is 12.0. The van der Waals surface area contributed by atoms with Crippen LogP contribution in [0.1, 0.15) is 21.6 Å². The van der Waals surface area contributed by atoms with Crippen LogP contribution in [0, 0.1) is 5.82 Å². The van der Waals surface area contributed by atoms with Gasteiger partial charge in [0.2, 0.25) is 0 Å². The van der Waals surface area contributed by atoms with Gasteiger partial charge in [-0.15, -0.1) is 0 Å². The van der Waals surface area contributed by atoms with Gasteiger partial charge < -0.3 is 9.88 Å². The maximum atomic E-state index is 14.8. The number of H-pyrrole nitrogens is 1. The zero-order valence-corrected chi connectivity index (χ0v) is 22.3. The van der Waals surface area contributed by atoms with Gasteiger partial charge in [-0.05, 0) is 28.5 Å². The number of aromatic nitrogens is 4. The Balaban J connectivity index is 1.32. The highest BCUT2D eigenvalue weighted by atomic mass is 35.5. The number of aromatic amines is 1. The van der Waals surface area contributed by atoms with Crippen LogP contribution < -0.4 is 20.0 Å². The van der Waals surface area contributed by atoms with Crippen LogP contribution in [0.3, 0.4) is 0 Å². The highest BCUT2D eigenvalue weighted by Gasteiger charge is 2.44. The molecule has 1 fully saturated rings. The fourth-order valence-electron chi connectivity index (χ4n) is 4.44.